The first kappa shape index (κ1) is 27.6. The highest BCUT2D eigenvalue weighted by Crippen LogP contribution is 2.36. The second-order valence-corrected chi connectivity index (χ2v) is 9.58. The number of ether oxygens (including phenoxy) is 2. The number of hydrogen-bond acceptors (Lipinski definition) is 7. The van der Waals surface area contributed by atoms with Crippen molar-refractivity contribution in [1.29, 1.82) is 4.78 Å². The van der Waals surface area contributed by atoms with E-state index in [0.717, 1.165) is 13.2 Å². The van der Waals surface area contributed by atoms with Crippen LogP contribution in [0.1, 0.15) is 21.6 Å². The van der Waals surface area contributed by atoms with Crippen LogP contribution >= 0.6 is 0 Å². The molecule has 8 nitrogen and oxygen atoms in total. The van der Waals surface area contributed by atoms with E-state index in [2.05, 4.69) is 20.3 Å². The first-order valence-corrected chi connectivity index (χ1v) is 11.7. The highest BCUT2D eigenvalue weighted by atomic mass is 32.2. The molecule has 0 fully saturated rings. The summed E-state index contributed by atoms with van der Waals surface area (Å²) in [7, 11) is -3.20. The first-order chi connectivity index (χ1) is 17.0. The van der Waals surface area contributed by atoms with Crippen LogP contribution in [-0.2, 0) is 15.9 Å². The summed E-state index contributed by atoms with van der Waals surface area (Å²) < 4.78 is 120. The fourth-order valence-corrected chi connectivity index (χ4v) is 3.67. The Balaban J connectivity index is 2.04. The van der Waals surface area contributed by atoms with Crippen molar-refractivity contribution in [2.45, 2.75) is 24.4 Å². The Morgan fingerprint density at radius 3 is 2.30 bits per heavy atom. The minimum atomic E-state index is -5.11. The molecule has 1 heterocycles. The molecule has 37 heavy (non-hydrogen) atoms. The molecule has 0 aliphatic rings. The van der Waals surface area contributed by atoms with Gasteiger partial charge in [-0.1, -0.05) is 6.07 Å². The molecular formula is C21H15F7N4O4S. The summed E-state index contributed by atoms with van der Waals surface area (Å²) in [6.07, 6.45) is -9.03. The van der Waals surface area contributed by atoms with E-state index < -0.39 is 68.2 Å². The zero-order chi connectivity index (χ0) is 27.8. The monoisotopic (exact) mass is 552 g/mol. The lowest BCUT2D eigenvalue weighted by molar-refractivity contribution is -0.274. The van der Waals surface area contributed by atoms with Gasteiger partial charge in [0, 0.05) is 22.9 Å². The van der Waals surface area contributed by atoms with Crippen molar-refractivity contribution in [3.63, 3.8) is 0 Å². The third kappa shape index (κ3) is 6.84. The van der Waals surface area contributed by atoms with Crippen molar-refractivity contribution < 1.29 is 49.2 Å². The Morgan fingerprint density at radius 1 is 1.05 bits per heavy atom. The number of nitrogens with zero attached hydrogens (tertiary/aromatic N) is 2. The largest absolute Gasteiger partial charge is 0.573 e. The number of hydrogen-bond donors (Lipinski definition) is 2. The molecule has 3 rings (SSSR count). The van der Waals surface area contributed by atoms with Gasteiger partial charge in [0.05, 0.1) is 9.73 Å². The maximum atomic E-state index is 14.4. The molecule has 0 saturated heterocycles. The molecule has 16 heteroatoms. The number of alkyl halides is 6. The van der Waals surface area contributed by atoms with Crippen LogP contribution in [0.3, 0.4) is 0 Å². The fourth-order valence-electron chi connectivity index (χ4n) is 2.98. The van der Waals surface area contributed by atoms with Gasteiger partial charge in [-0.25, -0.2) is 13.4 Å². The summed E-state index contributed by atoms with van der Waals surface area (Å²) in [6, 6.07) is 6.82. The molecule has 1 atom stereocenters. The van der Waals surface area contributed by atoms with Crippen molar-refractivity contribution in [3.8, 4) is 17.4 Å². The number of nitrogens with one attached hydrogen (secondary N) is 2. The highest BCUT2D eigenvalue weighted by Gasteiger charge is 2.38. The quantitative estimate of drug-likeness (QED) is 0.367. The Kier molecular flexibility index (Phi) is 7.35. The number of amides is 1. The Morgan fingerprint density at radius 2 is 1.73 bits per heavy atom. The molecule has 0 radical (unpaired) electrons. The van der Waals surface area contributed by atoms with Crippen molar-refractivity contribution in [3.05, 3.63) is 65.1 Å². The highest BCUT2D eigenvalue weighted by molar-refractivity contribution is 7.91. The lowest BCUT2D eigenvalue weighted by Crippen LogP contribution is -2.21. The van der Waals surface area contributed by atoms with E-state index in [0.29, 0.717) is 18.2 Å². The van der Waals surface area contributed by atoms with E-state index >= 15 is 0 Å². The van der Waals surface area contributed by atoms with E-state index in [-0.39, 0.29) is 10.6 Å². The Labute approximate surface area is 204 Å². The lowest BCUT2D eigenvalue weighted by Gasteiger charge is -2.16. The number of halogens is 7. The van der Waals surface area contributed by atoms with E-state index in [4.69, 9.17) is 9.52 Å². The van der Waals surface area contributed by atoms with Crippen LogP contribution in [0.5, 0.6) is 17.4 Å². The van der Waals surface area contributed by atoms with E-state index in [1.165, 1.54) is 24.3 Å². The van der Waals surface area contributed by atoms with Gasteiger partial charge in [-0.2, -0.15) is 13.2 Å². The van der Waals surface area contributed by atoms with Gasteiger partial charge in [-0.15, -0.1) is 23.4 Å². The minimum absolute atomic E-state index is 0.0190. The van der Waals surface area contributed by atoms with Crippen LogP contribution < -0.4 is 14.8 Å². The third-order valence-corrected chi connectivity index (χ3v) is 5.72. The van der Waals surface area contributed by atoms with Gasteiger partial charge in [-0.05, 0) is 42.8 Å². The van der Waals surface area contributed by atoms with Crippen LogP contribution in [-0.4, -0.2) is 32.9 Å². The van der Waals surface area contributed by atoms with Gasteiger partial charge < -0.3 is 14.8 Å². The van der Waals surface area contributed by atoms with Gasteiger partial charge in [0.15, 0.2) is 17.3 Å². The molecular weight excluding hydrogens is 537 g/mol. The summed E-state index contributed by atoms with van der Waals surface area (Å²) in [6.45, 7) is 0.884. The molecule has 0 spiro atoms. The van der Waals surface area contributed by atoms with Crippen LogP contribution in [0.25, 0.3) is 0 Å². The average molecular weight is 552 g/mol. The van der Waals surface area contributed by atoms with Gasteiger partial charge >= 0.3 is 12.5 Å². The predicted octanol–water partition coefficient (Wildman–Crippen LogP) is 5.92. The van der Waals surface area contributed by atoms with Crippen LogP contribution in [0.4, 0.5) is 36.4 Å². The maximum Gasteiger partial charge on any atom is 0.573 e. The number of carbonyl (C=O) groups excluding carboxylic acids is 1. The molecule has 2 N–H and O–H groups in total. The molecule has 0 unspecified atom stereocenters. The van der Waals surface area contributed by atoms with Crippen molar-refractivity contribution in [1.82, 2.24) is 10.2 Å². The van der Waals surface area contributed by atoms with Gasteiger partial charge in [0.25, 0.3) is 11.8 Å². The summed E-state index contributed by atoms with van der Waals surface area (Å²) in [5, 5.41) is 8.50. The molecule has 198 valence electrons. The lowest BCUT2D eigenvalue weighted by atomic mass is 10.1. The SMILES string of the molecule is Cc1c(C(F)(F)F)nnc(Oc2ccc(OC(F)(F)F)cc2F)c1C(=O)Nc1cccc([S@@](C)(=N)=O)c1. The molecule has 2 aromatic carbocycles. The van der Waals surface area contributed by atoms with Crippen molar-refractivity contribution >= 4 is 21.3 Å². The van der Waals surface area contributed by atoms with Gasteiger partial charge in [0.1, 0.15) is 11.3 Å². The zero-order valence-electron chi connectivity index (χ0n) is 18.6. The van der Waals surface area contributed by atoms with Gasteiger partial charge in [-0.3, -0.25) is 4.79 Å². The third-order valence-electron chi connectivity index (χ3n) is 4.57. The number of rotatable bonds is 6. The van der Waals surface area contributed by atoms with E-state index in [9.17, 15) is 39.7 Å². The molecule has 0 aliphatic carbocycles. The topological polar surface area (TPSA) is 114 Å². The minimum Gasteiger partial charge on any atom is -0.434 e. The molecule has 1 amide bonds. The first-order valence-electron chi connectivity index (χ1n) is 9.78. The maximum absolute atomic E-state index is 14.4. The smallest absolute Gasteiger partial charge is 0.434 e. The molecule has 3 aromatic rings. The summed E-state index contributed by atoms with van der Waals surface area (Å²) in [4.78, 5) is 13.0. The van der Waals surface area contributed by atoms with E-state index in [1.807, 2.05) is 0 Å². The van der Waals surface area contributed by atoms with Crippen LogP contribution in [0, 0.1) is 17.5 Å². The Hall–Kier alpha value is -3.95. The molecule has 1 aromatic heterocycles. The number of anilines is 1. The summed E-state index contributed by atoms with van der Waals surface area (Å²) in [5.74, 6) is -5.24. The molecule has 0 aliphatic heterocycles. The zero-order valence-corrected chi connectivity index (χ0v) is 19.4. The normalized spacial score (nSPS) is 13.5. The van der Waals surface area contributed by atoms with Crippen LogP contribution in [0.2, 0.25) is 0 Å². The number of carbonyl (C=O) groups is 1. The summed E-state index contributed by atoms with van der Waals surface area (Å²) in [5.41, 5.74) is -3.15. The van der Waals surface area contributed by atoms with Gasteiger partial charge in [0.2, 0.25) is 0 Å². The standard InChI is InChI=1S/C21H15F7N4O4S/c1-10-16(18(33)30-11-4-3-5-13(8-11)37(2,29)34)19(32-31-17(10)20(23,24)25)35-15-7-6-12(9-14(15)22)36-21(26,27)28/h3-9,29H,1-2H3,(H,30,33)/t37-/m0/s1. The van der Waals surface area contributed by atoms with Crippen molar-refractivity contribution in [2.75, 3.05) is 11.6 Å². The second kappa shape index (κ2) is 9.84. The van der Waals surface area contributed by atoms with Crippen molar-refractivity contribution in [2.24, 2.45) is 0 Å². The predicted molar refractivity (Wildman–Crippen MR) is 114 cm³/mol. The average Bonchev–Trinajstić information content (AvgIpc) is 2.73. The molecule has 0 bridgehead atoms. The van der Waals surface area contributed by atoms with E-state index in [1.54, 1.807) is 0 Å². The second-order valence-electron chi connectivity index (χ2n) is 7.42. The number of benzene rings is 2. The fraction of sp³-hybridized carbons (Fsp3) is 0.190. The number of aromatic nitrogens is 2. The summed E-state index contributed by atoms with van der Waals surface area (Å²) >= 11 is 0. The Bertz CT molecular complexity index is 1460. The van der Waals surface area contributed by atoms with Crippen LogP contribution in [0.15, 0.2) is 47.4 Å². The molecule has 0 saturated carbocycles.